The van der Waals surface area contributed by atoms with Gasteiger partial charge >= 0.3 is 6.18 Å². The monoisotopic (exact) mass is 361 g/mol. The Hall–Kier alpha value is -1.93. The van der Waals surface area contributed by atoms with Gasteiger partial charge in [-0.2, -0.15) is 17.5 Å². The van der Waals surface area contributed by atoms with E-state index >= 15 is 0 Å². The molecule has 2 rings (SSSR count). The third kappa shape index (κ3) is 3.59. The van der Waals surface area contributed by atoms with Crippen molar-refractivity contribution in [3.63, 3.8) is 0 Å². The van der Waals surface area contributed by atoms with Gasteiger partial charge in [-0.15, -0.1) is 0 Å². The van der Waals surface area contributed by atoms with E-state index in [9.17, 15) is 26.0 Å². The van der Waals surface area contributed by atoms with Crippen LogP contribution in [-0.4, -0.2) is 19.8 Å². The molecule has 0 bridgehead atoms. The molecule has 0 heterocycles. The van der Waals surface area contributed by atoms with Crippen LogP contribution in [0.2, 0.25) is 0 Å². The third-order valence-electron chi connectivity index (χ3n) is 3.75. The van der Waals surface area contributed by atoms with Crippen LogP contribution in [-0.2, 0) is 16.2 Å². The Morgan fingerprint density at radius 2 is 1.54 bits per heavy atom. The number of sulfonamides is 1. The summed E-state index contributed by atoms with van der Waals surface area (Å²) in [6, 6.07) is 8.35. The second-order valence-electron chi connectivity index (χ2n) is 5.24. The predicted molar refractivity (Wildman–Crippen MR) is 81.2 cm³/mol. The summed E-state index contributed by atoms with van der Waals surface area (Å²) >= 11 is 0. The third-order valence-corrected chi connectivity index (χ3v) is 5.73. The van der Waals surface area contributed by atoms with Crippen LogP contribution in [0.4, 0.5) is 17.6 Å². The van der Waals surface area contributed by atoms with E-state index in [4.69, 9.17) is 0 Å². The van der Waals surface area contributed by atoms with Crippen molar-refractivity contribution in [2.45, 2.75) is 24.0 Å². The summed E-state index contributed by atoms with van der Waals surface area (Å²) in [5, 5.41) is 0. The first kappa shape index (κ1) is 18.4. The van der Waals surface area contributed by atoms with Crippen molar-refractivity contribution in [1.82, 2.24) is 4.31 Å². The van der Waals surface area contributed by atoms with Gasteiger partial charge in [0, 0.05) is 13.1 Å². The molecule has 24 heavy (non-hydrogen) atoms. The van der Waals surface area contributed by atoms with Gasteiger partial charge in [0.15, 0.2) is 0 Å². The highest BCUT2D eigenvalue weighted by atomic mass is 32.2. The predicted octanol–water partition coefficient (Wildman–Crippen LogP) is 4.23. The summed E-state index contributed by atoms with van der Waals surface area (Å²) in [5.74, 6) is -0.487. The van der Waals surface area contributed by atoms with E-state index in [-0.39, 0.29) is 0 Å². The highest BCUT2D eigenvalue weighted by molar-refractivity contribution is 7.89. The molecule has 0 aliphatic rings. The lowest BCUT2D eigenvalue weighted by Crippen LogP contribution is -2.31. The maximum atomic E-state index is 13.1. The van der Waals surface area contributed by atoms with Gasteiger partial charge in [0.1, 0.15) is 5.82 Å². The van der Waals surface area contributed by atoms with Gasteiger partial charge in [0.05, 0.1) is 10.5 Å². The molecule has 0 aromatic heterocycles. The molecule has 0 saturated heterocycles. The molecule has 0 N–H and O–H groups in total. The molecule has 0 aliphatic carbocycles. The van der Waals surface area contributed by atoms with Crippen LogP contribution < -0.4 is 0 Å². The fourth-order valence-corrected chi connectivity index (χ4v) is 3.80. The van der Waals surface area contributed by atoms with Crippen LogP contribution >= 0.6 is 0 Å². The highest BCUT2D eigenvalue weighted by Gasteiger charge is 2.39. The number of halogens is 4. The summed E-state index contributed by atoms with van der Waals surface area (Å²) in [7, 11) is -3.20. The zero-order valence-electron chi connectivity index (χ0n) is 12.9. The molecule has 0 amide bonds. The van der Waals surface area contributed by atoms with E-state index < -0.39 is 38.5 Å². The van der Waals surface area contributed by atoms with Crippen LogP contribution in [0.1, 0.15) is 24.1 Å². The Morgan fingerprint density at radius 1 is 1.00 bits per heavy atom. The molecule has 8 heteroatoms. The average Bonchev–Trinajstić information content (AvgIpc) is 2.53. The number of rotatable bonds is 4. The quantitative estimate of drug-likeness (QED) is 0.765. The molecule has 3 nitrogen and oxygen atoms in total. The standard InChI is InChI=1S/C16H15F4NO2S/c1-11(12-7-9-13(17)10-8-12)21(2)24(22,23)15-6-4-3-5-14(15)16(18,19)20/h3-11H,1-2H3. The zero-order chi connectivity index (χ0) is 18.1. The Labute approximate surface area is 137 Å². The van der Waals surface area contributed by atoms with Gasteiger partial charge in [-0.25, -0.2) is 12.8 Å². The highest BCUT2D eigenvalue weighted by Crippen LogP contribution is 2.36. The van der Waals surface area contributed by atoms with Crippen LogP contribution in [0.15, 0.2) is 53.4 Å². The lowest BCUT2D eigenvalue weighted by atomic mass is 10.1. The van der Waals surface area contributed by atoms with Crippen molar-refractivity contribution >= 4 is 10.0 Å². The van der Waals surface area contributed by atoms with Crippen molar-refractivity contribution in [2.24, 2.45) is 0 Å². The first-order valence-corrected chi connectivity index (χ1v) is 8.39. The summed E-state index contributed by atoms with van der Waals surface area (Å²) in [4.78, 5) is -0.811. The molecular weight excluding hydrogens is 346 g/mol. The average molecular weight is 361 g/mol. The summed E-state index contributed by atoms with van der Waals surface area (Å²) < 4.78 is 78.3. The first-order chi connectivity index (χ1) is 11.0. The van der Waals surface area contributed by atoms with Crippen LogP contribution in [0.25, 0.3) is 0 Å². The normalized spacial score (nSPS) is 14.0. The lowest BCUT2D eigenvalue weighted by molar-refractivity contribution is -0.139. The fourth-order valence-electron chi connectivity index (χ4n) is 2.24. The SMILES string of the molecule is CC(c1ccc(F)cc1)N(C)S(=O)(=O)c1ccccc1C(F)(F)F. The van der Waals surface area contributed by atoms with Crippen molar-refractivity contribution < 1.29 is 26.0 Å². The minimum Gasteiger partial charge on any atom is -0.207 e. The molecule has 130 valence electrons. The van der Waals surface area contributed by atoms with E-state index in [1.165, 1.54) is 32.2 Å². The van der Waals surface area contributed by atoms with Gasteiger partial charge in [0.25, 0.3) is 0 Å². The minimum absolute atomic E-state index is 0.465. The summed E-state index contributed by atoms with van der Waals surface area (Å²) in [5.41, 5.74) is -0.755. The molecule has 2 aromatic rings. The van der Waals surface area contributed by atoms with Crippen LogP contribution in [0.5, 0.6) is 0 Å². The van der Waals surface area contributed by atoms with Gasteiger partial charge in [-0.3, -0.25) is 0 Å². The van der Waals surface area contributed by atoms with Crippen LogP contribution in [0, 0.1) is 5.82 Å². The van der Waals surface area contributed by atoms with Crippen molar-refractivity contribution in [1.29, 1.82) is 0 Å². The van der Waals surface area contributed by atoms with Crippen molar-refractivity contribution in [3.05, 3.63) is 65.5 Å². The van der Waals surface area contributed by atoms with Crippen LogP contribution in [0.3, 0.4) is 0 Å². The molecule has 0 saturated carbocycles. The smallest absolute Gasteiger partial charge is 0.207 e. The van der Waals surface area contributed by atoms with Gasteiger partial charge in [-0.1, -0.05) is 24.3 Å². The molecule has 0 spiro atoms. The first-order valence-electron chi connectivity index (χ1n) is 6.95. The maximum Gasteiger partial charge on any atom is 0.417 e. The van der Waals surface area contributed by atoms with E-state index in [1.54, 1.807) is 0 Å². The van der Waals surface area contributed by atoms with E-state index in [1.807, 2.05) is 0 Å². The number of hydrogen-bond donors (Lipinski definition) is 0. The number of benzene rings is 2. The summed E-state index contributed by atoms with van der Waals surface area (Å²) in [6.45, 7) is 1.51. The molecule has 0 radical (unpaired) electrons. The van der Waals surface area contributed by atoms with E-state index in [0.717, 1.165) is 34.6 Å². The molecule has 2 aromatic carbocycles. The molecule has 1 atom stereocenters. The van der Waals surface area contributed by atoms with Gasteiger partial charge in [-0.05, 0) is 36.8 Å². The molecule has 1 unspecified atom stereocenters. The molecular formula is C16H15F4NO2S. The zero-order valence-corrected chi connectivity index (χ0v) is 13.7. The van der Waals surface area contributed by atoms with Crippen molar-refractivity contribution in [2.75, 3.05) is 7.05 Å². The number of alkyl halides is 3. The van der Waals surface area contributed by atoms with Crippen molar-refractivity contribution in [3.8, 4) is 0 Å². The number of hydrogen-bond acceptors (Lipinski definition) is 2. The molecule has 0 aliphatic heterocycles. The Bertz CT molecular complexity index is 817. The Balaban J connectivity index is 2.45. The minimum atomic E-state index is -4.79. The Morgan fingerprint density at radius 3 is 2.08 bits per heavy atom. The number of nitrogens with zero attached hydrogens (tertiary/aromatic N) is 1. The van der Waals surface area contributed by atoms with E-state index in [0.29, 0.717) is 5.56 Å². The largest absolute Gasteiger partial charge is 0.417 e. The van der Waals surface area contributed by atoms with E-state index in [2.05, 4.69) is 0 Å². The maximum absolute atomic E-state index is 13.1. The topological polar surface area (TPSA) is 37.4 Å². The lowest BCUT2D eigenvalue weighted by Gasteiger charge is -2.26. The fraction of sp³-hybridized carbons (Fsp3) is 0.250. The molecule has 0 fully saturated rings. The second kappa shape index (κ2) is 6.52. The second-order valence-corrected chi connectivity index (χ2v) is 7.21. The Kier molecular flexibility index (Phi) is 5.00. The summed E-state index contributed by atoms with van der Waals surface area (Å²) in [6.07, 6.45) is -4.79. The van der Waals surface area contributed by atoms with Gasteiger partial charge in [0.2, 0.25) is 10.0 Å². The van der Waals surface area contributed by atoms with Gasteiger partial charge < -0.3 is 0 Å².